The summed E-state index contributed by atoms with van der Waals surface area (Å²) in [6.07, 6.45) is 0. The van der Waals surface area contributed by atoms with Gasteiger partial charge in [-0.2, -0.15) is 0 Å². The molecule has 1 saturated heterocycles. The first-order valence-corrected chi connectivity index (χ1v) is 6.00. The molecular formula is C14H13FN2O3. The average molecular weight is 276 g/mol. The van der Waals surface area contributed by atoms with E-state index in [0.717, 1.165) is 4.90 Å². The summed E-state index contributed by atoms with van der Waals surface area (Å²) < 4.78 is 18.1. The summed E-state index contributed by atoms with van der Waals surface area (Å²) >= 11 is 0. The van der Waals surface area contributed by atoms with Gasteiger partial charge in [-0.3, -0.25) is 14.5 Å². The molecule has 1 aromatic rings. The standard InChI is InChI=1S/C14H13FN2O3/c15-12-4-3-11(10(6-12)2-1-5-16)7-17-13(18)8-20-9-14(17)19/h3-4,6H,5,7-9,16H2. The number of halogens is 1. The van der Waals surface area contributed by atoms with Crippen LogP contribution in [-0.2, 0) is 20.9 Å². The van der Waals surface area contributed by atoms with Crippen molar-refractivity contribution in [1.82, 2.24) is 4.90 Å². The van der Waals surface area contributed by atoms with Gasteiger partial charge in [0.15, 0.2) is 0 Å². The first-order valence-electron chi connectivity index (χ1n) is 6.00. The van der Waals surface area contributed by atoms with Gasteiger partial charge in [0.25, 0.3) is 11.8 Å². The largest absolute Gasteiger partial charge is 0.362 e. The molecule has 6 heteroatoms. The van der Waals surface area contributed by atoms with Crippen molar-refractivity contribution >= 4 is 11.8 Å². The molecule has 2 rings (SSSR count). The van der Waals surface area contributed by atoms with Crippen LogP contribution in [0.5, 0.6) is 0 Å². The van der Waals surface area contributed by atoms with Crippen LogP contribution in [0.15, 0.2) is 18.2 Å². The number of benzene rings is 1. The van der Waals surface area contributed by atoms with Gasteiger partial charge >= 0.3 is 0 Å². The predicted octanol–water partition coefficient (Wildman–Crippen LogP) is 0.0213. The van der Waals surface area contributed by atoms with Crippen molar-refractivity contribution in [1.29, 1.82) is 0 Å². The maximum absolute atomic E-state index is 13.2. The average Bonchev–Trinajstić information content (AvgIpc) is 2.42. The molecule has 5 nitrogen and oxygen atoms in total. The van der Waals surface area contributed by atoms with E-state index in [0.29, 0.717) is 11.1 Å². The minimum Gasteiger partial charge on any atom is -0.362 e. The summed E-state index contributed by atoms with van der Waals surface area (Å²) in [7, 11) is 0. The molecule has 1 aromatic carbocycles. The zero-order chi connectivity index (χ0) is 14.5. The van der Waals surface area contributed by atoms with E-state index in [1.807, 2.05) is 0 Å². The van der Waals surface area contributed by atoms with Gasteiger partial charge in [-0.05, 0) is 17.7 Å². The topological polar surface area (TPSA) is 72.6 Å². The lowest BCUT2D eigenvalue weighted by atomic mass is 10.1. The number of imide groups is 1. The van der Waals surface area contributed by atoms with Crippen LogP contribution in [-0.4, -0.2) is 36.5 Å². The number of nitrogens with two attached hydrogens (primary N) is 1. The molecule has 20 heavy (non-hydrogen) atoms. The number of nitrogens with zero attached hydrogens (tertiary/aromatic N) is 1. The van der Waals surface area contributed by atoms with E-state index in [2.05, 4.69) is 11.8 Å². The second kappa shape index (κ2) is 6.28. The molecule has 2 N–H and O–H groups in total. The Bertz CT molecular complexity index is 588. The molecule has 0 saturated carbocycles. The number of rotatable bonds is 2. The van der Waals surface area contributed by atoms with Crippen LogP contribution in [0, 0.1) is 17.7 Å². The molecule has 0 radical (unpaired) electrons. The maximum Gasteiger partial charge on any atom is 0.255 e. The summed E-state index contributed by atoms with van der Waals surface area (Å²) in [5.74, 6) is 4.10. The van der Waals surface area contributed by atoms with Crippen LogP contribution in [0.2, 0.25) is 0 Å². The number of ether oxygens (including phenoxy) is 1. The van der Waals surface area contributed by atoms with Crippen molar-refractivity contribution in [3.63, 3.8) is 0 Å². The van der Waals surface area contributed by atoms with E-state index in [1.54, 1.807) is 0 Å². The molecule has 0 atom stereocenters. The maximum atomic E-state index is 13.2. The zero-order valence-corrected chi connectivity index (χ0v) is 10.7. The minimum atomic E-state index is -0.435. The third kappa shape index (κ3) is 3.20. The molecule has 0 aliphatic carbocycles. The number of amides is 2. The highest BCUT2D eigenvalue weighted by Gasteiger charge is 2.27. The smallest absolute Gasteiger partial charge is 0.255 e. The van der Waals surface area contributed by atoms with Crippen molar-refractivity contribution in [3.05, 3.63) is 35.1 Å². The SMILES string of the molecule is NCC#Cc1cc(F)ccc1CN1C(=O)COCC1=O. The van der Waals surface area contributed by atoms with E-state index in [-0.39, 0.29) is 26.3 Å². The van der Waals surface area contributed by atoms with Crippen LogP contribution >= 0.6 is 0 Å². The number of hydrogen-bond donors (Lipinski definition) is 1. The van der Waals surface area contributed by atoms with Crippen LogP contribution < -0.4 is 5.73 Å². The number of carbonyl (C=O) groups is 2. The van der Waals surface area contributed by atoms with Gasteiger partial charge in [-0.1, -0.05) is 17.9 Å². The van der Waals surface area contributed by atoms with Gasteiger partial charge in [0.2, 0.25) is 0 Å². The molecule has 0 bridgehead atoms. The Morgan fingerprint density at radius 3 is 2.65 bits per heavy atom. The molecular weight excluding hydrogens is 263 g/mol. The fourth-order valence-corrected chi connectivity index (χ4v) is 1.82. The highest BCUT2D eigenvalue weighted by Crippen LogP contribution is 2.15. The van der Waals surface area contributed by atoms with Crippen molar-refractivity contribution in [3.8, 4) is 11.8 Å². The zero-order valence-electron chi connectivity index (χ0n) is 10.7. The predicted molar refractivity (Wildman–Crippen MR) is 68.7 cm³/mol. The van der Waals surface area contributed by atoms with Crippen molar-refractivity contribution < 1.29 is 18.7 Å². The Balaban J connectivity index is 2.28. The first kappa shape index (κ1) is 14.2. The highest BCUT2D eigenvalue weighted by molar-refractivity contribution is 5.98. The lowest BCUT2D eigenvalue weighted by Gasteiger charge is -2.25. The Labute approximate surface area is 115 Å². The van der Waals surface area contributed by atoms with Gasteiger partial charge in [-0.15, -0.1) is 0 Å². The molecule has 2 amide bonds. The molecule has 1 aliphatic heterocycles. The van der Waals surface area contributed by atoms with E-state index in [4.69, 9.17) is 10.5 Å². The molecule has 1 fully saturated rings. The molecule has 0 spiro atoms. The van der Waals surface area contributed by atoms with Gasteiger partial charge in [0.05, 0.1) is 13.1 Å². The minimum absolute atomic E-state index is 0.0515. The van der Waals surface area contributed by atoms with Gasteiger partial charge in [0.1, 0.15) is 19.0 Å². The highest BCUT2D eigenvalue weighted by atomic mass is 19.1. The Morgan fingerprint density at radius 1 is 1.30 bits per heavy atom. The molecule has 0 aromatic heterocycles. The molecule has 1 heterocycles. The number of morpholine rings is 1. The van der Waals surface area contributed by atoms with Crippen molar-refractivity contribution in [2.75, 3.05) is 19.8 Å². The lowest BCUT2D eigenvalue weighted by molar-refractivity contribution is -0.159. The van der Waals surface area contributed by atoms with E-state index in [1.165, 1.54) is 18.2 Å². The van der Waals surface area contributed by atoms with Gasteiger partial charge in [0, 0.05) is 5.56 Å². The summed E-state index contributed by atoms with van der Waals surface area (Å²) in [4.78, 5) is 24.4. The van der Waals surface area contributed by atoms with Crippen molar-refractivity contribution in [2.45, 2.75) is 6.54 Å². The summed E-state index contributed by atoms with van der Waals surface area (Å²) in [6, 6.07) is 4.03. The van der Waals surface area contributed by atoms with Crippen LogP contribution in [0.3, 0.4) is 0 Å². The normalized spacial score (nSPS) is 15.0. The molecule has 0 unspecified atom stereocenters. The van der Waals surface area contributed by atoms with Crippen LogP contribution in [0.1, 0.15) is 11.1 Å². The number of hydrogen-bond acceptors (Lipinski definition) is 4. The number of carbonyl (C=O) groups excluding carboxylic acids is 2. The lowest BCUT2D eigenvalue weighted by Crippen LogP contribution is -2.45. The fourth-order valence-electron chi connectivity index (χ4n) is 1.82. The Morgan fingerprint density at radius 2 is 2.00 bits per heavy atom. The van der Waals surface area contributed by atoms with Gasteiger partial charge < -0.3 is 10.5 Å². The molecule has 1 aliphatic rings. The van der Waals surface area contributed by atoms with E-state index < -0.39 is 17.6 Å². The third-order valence-electron chi connectivity index (χ3n) is 2.78. The quantitative estimate of drug-likeness (QED) is 0.610. The Kier molecular flexibility index (Phi) is 4.45. The third-order valence-corrected chi connectivity index (χ3v) is 2.78. The summed E-state index contributed by atoms with van der Waals surface area (Å²) in [5.41, 5.74) is 6.30. The van der Waals surface area contributed by atoms with E-state index >= 15 is 0 Å². The van der Waals surface area contributed by atoms with Crippen LogP contribution in [0.25, 0.3) is 0 Å². The second-order valence-corrected chi connectivity index (χ2v) is 4.17. The molecule has 104 valence electrons. The van der Waals surface area contributed by atoms with E-state index in [9.17, 15) is 14.0 Å². The first-order chi connectivity index (χ1) is 9.61. The van der Waals surface area contributed by atoms with Crippen LogP contribution in [0.4, 0.5) is 4.39 Å². The van der Waals surface area contributed by atoms with Crippen molar-refractivity contribution in [2.24, 2.45) is 5.73 Å². The fraction of sp³-hybridized carbons (Fsp3) is 0.286. The summed E-state index contributed by atoms with van der Waals surface area (Å²) in [6.45, 7) is -0.0608. The second-order valence-electron chi connectivity index (χ2n) is 4.17. The monoisotopic (exact) mass is 276 g/mol. The van der Waals surface area contributed by atoms with Gasteiger partial charge in [-0.25, -0.2) is 4.39 Å². The Hall–Kier alpha value is -2.23. The summed E-state index contributed by atoms with van der Waals surface area (Å²) in [5, 5.41) is 0.